The molecule has 6 nitrogen and oxygen atoms in total. The van der Waals surface area contributed by atoms with Gasteiger partial charge in [-0.3, -0.25) is 4.79 Å². The highest BCUT2D eigenvalue weighted by molar-refractivity contribution is 5.76. The van der Waals surface area contributed by atoms with Crippen molar-refractivity contribution in [1.82, 2.24) is 14.9 Å². The lowest BCUT2D eigenvalue weighted by Gasteiger charge is -2.14. The van der Waals surface area contributed by atoms with Crippen molar-refractivity contribution in [2.24, 2.45) is 0 Å². The van der Waals surface area contributed by atoms with Gasteiger partial charge in [0.25, 0.3) is 0 Å². The summed E-state index contributed by atoms with van der Waals surface area (Å²) in [7, 11) is 1.65. The van der Waals surface area contributed by atoms with Crippen LogP contribution in [0.1, 0.15) is 29.8 Å². The van der Waals surface area contributed by atoms with Crippen molar-refractivity contribution in [2.45, 2.75) is 38.6 Å². The third-order valence-electron chi connectivity index (χ3n) is 6.30. The minimum absolute atomic E-state index is 0.0822. The van der Waals surface area contributed by atoms with Crippen LogP contribution < -0.4 is 14.8 Å². The zero-order chi connectivity index (χ0) is 25.9. The molecule has 0 radical (unpaired) electrons. The molecule has 0 saturated carbocycles. The molecule has 4 rings (SSSR count). The first kappa shape index (κ1) is 26.0. The van der Waals surface area contributed by atoms with Crippen LogP contribution >= 0.6 is 0 Å². The molecular weight excluding hydrogens is 462 g/mol. The van der Waals surface area contributed by atoms with E-state index in [4.69, 9.17) is 14.5 Å². The van der Waals surface area contributed by atoms with E-state index >= 15 is 0 Å². The molecule has 0 aliphatic rings. The number of hydrogen-bond acceptors (Lipinski definition) is 4. The van der Waals surface area contributed by atoms with E-state index in [1.807, 2.05) is 60.7 Å². The van der Waals surface area contributed by atoms with Crippen LogP contribution in [0.2, 0.25) is 0 Å². The standard InChI is InChI=1S/C31H35N3O3/c1-3-10-25-16-18-28(29(23-25)36-2)37-22-21-34-27-14-8-7-13-26(27)33-30(34)15-9-20-32-31(35)19-17-24-11-5-4-6-12-24/h3-8,11-14,16,18,23H,1,9-10,15,17,19-22H2,2H3,(H,32,35). The number of amides is 1. The fourth-order valence-electron chi connectivity index (χ4n) is 4.40. The first-order chi connectivity index (χ1) is 18.2. The maximum atomic E-state index is 12.3. The van der Waals surface area contributed by atoms with E-state index in [1.54, 1.807) is 7.11 Å². The number of nitrogens with zero attached hydrogens (tertiary/aromatic N) is 2. The number of imidazole rings is 1. The highest BCUT2D eigenvalue weighted by Crippen LogP contribution is 2.28. The SMILES string of the molecule is C=CCc1ccc(OCCn2c(CCCNC(=O)CCc3ccccc3)nc3ccccc32)c(OC)c1. The zero-order valence-corrected chi connectivity index (χ0v) is 21.5. The zero-order valence-electron chi connectivity index (χ0n) is 21.5. The maximum absolute atomic E-state index is 12.3. The number of para-hydroxylation sites is 2. The van der Waals surface area contributed by atoms with E-state index in [-0.39, 0.29) is 5.91 Å². The molecule has 1 amide bonds. The van der Waals surface area contributed by atoms with Crippen LogP contribution in [-0.4, -0.2) is 35.7 Å². The Morgan fingerprint density at radius 3 is 2.62 bits per heavy atom. The second-order valence-corrected chi connectivity index (χ2v) is 8.93. The summed E-state index contributed by atoms with van der Waals surface area (Å²) >= 11 is 0. The number of nitrogens with one attached hydrogen (secondary N) is 1. The van der Waals surface area contributed by atoms with E-state index in [0.29, 0.717) is 26.1 Å². The van der Waals surface area contributed by atoms with Crippen LogP contribution in [0, 0.1) is 0 Å². The molecule has 192 valence electrons. The van der Waals surface area contributed by atoms with Crippen LogP contribution in [0.15, 0.2) is 85.5 Å². The predicted molar refractivity (Wildman–Crippen MR) is 148 cm³/mol. The second-order valence-electron chi connectivity index (χ2n) is 8.93. The number of hydrogen-bond donors (Lipinski definition) is 1. The van der Waals surface area contributed by atoms with Crippen LogP contribution in [0.4, 0.5) is 0 Å². The summed E-state index contributed by atoms with van der Waals surface area (Å²) < 4.78 is 13.8. The molecule has 0 atom stereocenters. The minimum atomic E-state index is 0.0822. The summed E-state index contributed by atoms with van der Waals surface area (Å²) in [4.78, 5) is 17.1. The van der Waals surface area contributed by atoms with Gasteiger partial charge in [-0.2, -0.15) is 0 Å². The Hall–Kier alpha value is -4.06. The monoisotopic (exact) mass is 497 g/mol. The van der Waals surface area contributed by atoms with Crippen LogP contribution in [0.5, 0.6) is 11.5 Å². The summed E-state index contributed by atoms with van der Waals surface area (Å²) in [6, 6.07) is 24.2. The van der Waals surface area contributed by atoms with Crippen molar-refractivity contribution >= 4 is 16.9 Å². The topological polar surface area (TPSA) is 65.4 Å². The minimum Gasteiger partial charge on any atom is -0.493 e. The lowest BCUT2D eigenvalue weighted by Crippen LogP contribution is -2.25. The first-order valence-corrected chi connectivity index (χ1v) is 12.8. The Bertz CT molecular complexity index is 1310. The number of fused-ring (bicyclic) bond motifs is 1. The maximum Gasteiger partial charge on any atom is 0.220 e. The average molecular weight is 498 g/mol. The molecule has 0 aliphatic carbocycles. The number of carbonyl (C=O) groups is 1. The first-order valence-electron chi connectivity index (χ1n) is 12.8. The second kappa shape index (κ2) is 13.3. The van der Waals surface area contributed by atoms with Gasteiger partial charge >= 0.3 is 0 Å². The Labute approximate surface area is 218 Å². The lowest BCUT2D eigenvalue weighted by molar-refractivity contribution is -0.121. The molecule has 0 fully saturated rings. The smallest absolute Gasteiger partial charge is 0.220 e. The van der Waals surface area contributed by atoms with Gasteiger partial charge in [0.1, 0.15) is 12.4 Å². The number of aryl methyl sites for hydroxylation is 2. The summed E-state index contributed by atoms with van der Waals surface area (Å²) in [5.41, 5.74) is 4.37. The number of rotatable bonds is 14. The average Bonchev–Trinajstić information content (AvgIpc) is 3.28. The molecule has 0 spiro atoms. The normalized spacial score (nSPS) is 10.8. The number of carbonyl (C=O) groups excluding carboxylic acids is 1. The van der Waals surface area contributed by atoms with E-state index < -0.39 is 0 Å². The van der Waals surface area contributed by atoms with Crippen LogP contribution in [-0.2, 0) is 30.6 Å². The highest BCUT2D eigenvalue weighted by Gasteiger charge is 2.12. The van der Waals surface area contributed by atoms with Gasteiger partial charge in [0.2, 0.25) is 5.91 Å². The molecule has 37 heavy (non-hydrogen) atoms. The molecule has 0 saturated heterocycles. The van der Waals surface area contributed by atoms with E-state index in [9.17, 15) is 4.79 Å². The number of allylic oxidation sites excluding steroid dienone is 1. The van der Waals surface area contributed by atoms with Gasteiger partial charge in [-0.25, -0.2) is 4.98 Å². The fourth-order valence-corrected chi connectivity index (χ4v) is 4.40. The Morgan fingerprint density at radius 1 is 1.00 bits per heavy atom. The van der Waals surface area contributed by atoms with Crippen molar-refractivity contribution in [3.8, 4) is 11.5 Å². The van der Waals surface area contributed by atoms with Gasteiger partial charge in [0, 0.05) is 19.4 Å². The molecule has 0 unspecified atom stereocenters. The van der Waals surface area contributed by atoms with Crippen molar-refractivity contribution in [2.75, 3.05) is 20.3 Å². The molecule has 1 N–H and O–H groups in total. The third-order valence-corrected chi connectivity index (χ3v) is 6.30. The Kier molecular flexibility index (Phi) is 9.35. The van der Waals surface area contributed by atoms with Gasteiger partial charge in [0.15, 0.2) is 11.5 Å². The van der Waals surface area contributed by atoms with Gasteiger partial charge in [-0.1, -0.05) is 54.6 Å². The lowest BCUT2D eigenvalue weighted by atomic mass is 10.1. The summed E-state index contributed by atoms with van der Waals surface area (Å²) in [6.07, 6.45) is 5.50. The summed E-state index contributed by atoms with van der Waals surface area (Å²) in [6.45, 7) is 5.58. The van der Waals surface area contributed by atoms with Gasteiger partial charge in [0.05, 0.1) is 24.7 Å². The van der Waals surface area contributed by atoms with Gasteiger partial charge in [-0.15, -0.1) is 6.58 Å². The summed E-state index contributed by atoms with van der Waals surface area (Å²) in [5, 5.41) is 3.05. The molecule has 0 bridgehead atoms. The van der Waals surface area contributed by atoms with Gasteiger partial charge < -0.3 is 19.4 Å². The van der Waals surface area contributed by atoms with Crippen LogP contribution in [0.25, 0.3) is 11.0 Å². The molecular formula is C31H35N3O3. The third kappa shape index (κ3) is 7.23. The van der Waals surface area contributed by atoms with Crippen molar-refractivity contribution in [1.29, 1.82) is 0 Å². The molecule has 4 aromatic rings. The largest absolute Gasteiger partial charge is 0.493 e. The predicted octanol–water partition coefficient (Wildman–Crippen LogP) is 5.53. The number of benzene rings is 3. The van der Waals surface area contributed by atoms with Crippen LogP contribution in [0.3, 0.4) is 0 Å². The quantitative estimate of drug-likeness (QED) is 0.184. The molecule has 1 aromatic heterocycles. The van der Waals surface area contributed by atoms with Crippen molar-refractivity contribution in [3.63, 3.8) is 0 Å². The van der Waals surface area contributed by atoms with E-state index in [1.165, 1.54) is 5.56 Å². The fraction of sp³-hybridized carbons (Fsp3) is 0.290. The Balaban J connectivity index is 1.32. The van der Waals surface area contributed by atoms with E-state index in [2.05, 4.69) is 34.7 Å². The summed E-state index contributed by atoms with van der Waals surface area (Å²) in [5.74, 6) is 2.52. The number of ether oxygens (including phenoxy) is 2. The molecule has 0 aliphatic heterocycles. The molecule has 1 heterocycles. The van der Waals surface area contributed by atoms with Crippen molar-refractivity contribution in [3.05, 3.63) is 102 Å². The number of methoxy groups -OCH3 is 1. The number of aromatic nitrogens is 2. The Morgan fingerprint density at radius 2 is 1.81 bits per heavy atom. The molecule has 6 heteroatoms. The van der Waals surface area contributed by atoms with Gasteiger partial charge in [-0.05, 0) is 54.7 Å². The highest BCUT2D eigenvalue weighted by atomic mass is 16.5. The van der Waals surface area contributed by atoms with E-state index in [0.717, 1.165) is 59.6 Å². The van der Waals surface area contributed by atoms with Crippen molar-refractivity contribution < 1.29 is 14.3 Å². The molecule has 3 aromatic carbocycles.